The van der Waals surface area contributed by atoms with Crippen molar-refractivity contribution in [2.45, 2.75) is 77.7 Å². The molecule has 3 fully saturated rings. The van der Waals surface area contributed by atoms with Gasteiger partial charge in [0.2, 0.25) is 0 Å². The Morgan fingerprint density at radius 3 is 2.76 bits per heavy atom. The number of nitrogens with one attached hydrogen (secondary N) is 1. The highest BCUT2D eigenvalue weighted by atomic mass is 16.3. The van der Waals surface area contributed by atoms with Crippen LogP contribution in [0.1, 0.15) is 82.0 Å². The summed E-state index contributed by atoms with van der Waals surface area (Å²) >= 11 is 0. The van der Waals surface area contributed by atoms with E-state index in [0.717, 1.165) is 43.4 Å². The monoisotopic (exact) mass is 447 g/mol. The first kappa shape index (κ1) is 24.0. The fourth-order valence-electron chi connectivity index (χ4n) is 6.95. The zero-order valence-corrected chi connectivity index (χ0v) is 20.5. The van der Waals surface area contributed by atoms with Crippen molar-refractivity contribution in [3.05, 3.63) is 71.3 Å². The molecular weight excluding hydrogens is 406 g/mol. The van der Waals surface area contributed by atoms with Crippen LogP contribution < -0.4 is 5.32 Å². The number of amides is 1. The van der Waals surface area contributed by atoms with Gasteiger partial charge in [-0.25, -0.2) is 0 Å². The van der Waals surface area contributed by atoms with E-state index in [1.807, 2.05) is 30.3 Å². The van der Waals surface area contributed by atoms with E-state index in [1.165, 1.54) is 37.7 Å². The maximum absolute atomic E-state index is 12.4. The number of fused-ring (bicyclic) bond motifs is 1. The van der Waals surface area contributed by atoms with E-state index in [9.17, 15) is 9.90 Å². The second kappa shape index (κ2) is 10.4. The topological polar surface area (TPSA) is 49.3 Å². The number of aliphatic hydroxyl groups excluding tert-OH is 1. The quantitative estimate of drug-likeness (QED) is 0.515. The smallest absolute Gasteiger partial charge is 0.251 e. The molecule has 3 aliphatic carbocycles. The molecule has 0 saturated heterocycles. The summed E-state index contributed by atoms with van der Waals surface area (Å²) in [6, 6.07) is 9.50. The SMILES string of the molecule is C=C1/C(=C\C=C2/CCC[C@]3(C)[C@@H]([C@H](C)CCNC(=O)c4ccccc4)CC[C@@H]23)CCCC1O. The maximum atomic E-state index is 12.4. The second-order valence-electron chi connectivity index (χ2n) is 10.9. The number of rotatable bonds is 6. The van der Waals surface area contributed by atoms with Gasteiger partial charge in [-0.3, -0.25) is 4.79 Å². The molecule has 1 unspecified atom stereocenters. The van der Waals surface area contributed by atoms with Gasteiger partial charge in [0, 0.05) is 12.1 Å². The minimum atomic E-state index is -0.362. The first-order valence-corrected chi connectivity index (χ1v) is 13.0. The van der Waals surface area contributed by atoms with Gasteiger partial charge in [-0.05, 0) is 104 Å². The molecule has 0 bridgehead atoms. The fourth-order valence-corrected chi connectivity index (χ4v) is 6.95. The van der Waals surface area contributed by atoms with Crippen LogP contribution in [0.25, 0.3) is 0 Å². The molecule has 5 atom stereocenters. The third kappa shape index (κ3) is 5.19. The van der Waals surface area contributed by atoms with Crippen LogP contribution in [-0.2, 0) is 0 Å². The van der Waals surface area contributed by atoms with E-state index in [-0.39, 0.29) is 12.0 Å². The Kier molecular flexibility index (Phi) is 7.58. The summed E-state index contributed by atoms with van der Waals surface area (Å²) in [5.74, 6) is 2.00. The average molecular weight is 448 g/mol. The summed E-state index contributed by atoms with van der Waals surface area (Å²) in [5.41, 5.74) is 4.87. The largest absolute Gasteiger partial charge is 0.388 e. The summed E-state index contributed by atoms with van der Waals surface area (Å²) in [6.45, 7) is 9.79. The van der Waals surface area contributed by atoms with E-state index in [1.54, 1.807) is 5.57 Å². The maximum Gasteiger partial charge on any atom is 0.251 e. The van der Waals surface area contributed by atoms with E-state index in [4.69, 9.17) is 0 Å². The zero-order valence-electron chi connectivity index (χ0n) is 20.5. The minimum Gasteiger partial charge on any atom is -0.388 e. The lowest BCUT2D eigenvalue weighted by Gasteiger charge is -2.44. The van der Waals surface area contributed by atoms with Crippen molar-refractivity contribution >= 4 is 5.91 Å². The Balaban J connectivity index is 1.37. The van der Waals surface area contributed by atoms with Gasteiger partial charge in [0.25, 0.3) is 5.91 Å². The van der Waals surface area contributed by atoms with Crippen molar-refractivity contribution in [3.63, 3.8) is 0 Å². The number of carbonyl (C=O) groups excluding carboxylic acids is 1. The molecule has 3 aliphatic rings. The van der Waals surface area contributed by atoms with Crippen LogP contribution in [-0.4, -0.2) is 23.7 Å². The van der Waals surface area contributed by atoms with Crippen molar-refractivity contribution < 1.29 is 9.90 Å². The molecule has 0 aliphatic heterocycles. The van der Waals surface area contributed by atoms with Crippen LogP contribution >= 0.6 is 0 Å². The van der Waals surface area contributed by atoms with Crippen LogP contribution in [0.15, 0.2) is 65.8 Å². The lowest BCUT2D eigenvalue weighted by Crippen LogP contribution is -2.37. The normalized spacial score (nSPS) is 33.2. The van der Waals surface area contributed by atoms with Gasteiger partial charge in [-0.15, -0.1) is 0 Å². The Morgan fingerprint density at radius 1 is 1.18 bits per heavy atom. The van der Waals surface area contributed by atoms with Gasteiger partial charge >= 0.3 is 0 Å². The molecule has 1 aromatic carbocycles. The van der Waals surface area contributed by atoms with Crippen LogP contribution in [0.4, 0.5) is 0 Å². The summed E-state index contributed by atoms with van der Waals surface area (Å²) in [5, 5.41) is 13.3. The van der Waals surface area contributed by atoms with Gasteiger partial charge in [-0.2, -0.15) is 0 Å². The number of allylic oxidation sites excluding steroid dienone is 3. The third-order valence-electron chi connectivity index (χ3n) is 8.88. The Labute approximate surface area is 200 Å². The lowest BCUT2D eigenvalue weighted by atomic mass is 9.61. The molecule has 4 rings (SSSR count). The molecule has 0 heterocycles. The van der Waals surface area contributed by atoms with E-state index in [0.29, 0.717) is 23.2 Å². The zero-order chi connectivity index (χ0) is 23.4. The van der Waals surface area contributed by atoms with Crippen molar-refractivity contribution in [1.82, 2.24) is 5.32 Å². The molecule has 0 spiro atoms. The molecule has 3 nitrogen and oxygen atoms in total. The first-order valence-electron chi connectivity index (χ1n) is 13.0. The van der Waals surface area contributed by atoms with Gasteiger partial charge < -0.3 is 10.4 Å². The molecule has 1 amide bonds. The average Bonchev–Trinajstić information content (AvgIpc) is 3.18. The molecule has 3 heteroatoms. The van der Waals surface area contributed by atoms with Gasteiger partial charge in [0.1, 0.15) is 0 Å². The summed E-state index contributed by atoms with van der Waals surface area (Å²) in [7, 11) is 0. The number of benzene rings is 1. The predicted molar refractivity (Wildman–Crippen MR) is 136 cm³/mol. The lowest BCUT2D eigenvalue weighted by molar-refractivity contribution is 0.0893. The molecule has 0 aromatic heterocycles. The number of carbonyl (C=O) groups is 1. The van der Waals surface area contributed by atoms with E-state index >= 15 is 0 Å². The first-order chi connectivity index (χ1) is 15.9. The minimum absolute atomic E-state index is 0.0312. The van der Waals surface area contributed by atoms with Gasteiger partial charge in [0.05, 0.1) is 6.10 Å². The third-order valence-corrected chi connectivity index (χ3v) is 8.88. The molecule has 3 saturated carbocycles. The van der Waals surface area contributed by atoms with Crippen LogP contribution in [0.5, 0.6) is 0 Å². The van der Waals surface area contributed by atoms with Gasteiger partial charge in [-0.1, -0.05) is 56.4 Å². The summed E-state index contributed by atoms with van der Waals surface area (Å²) in [4.78, 5) is 12.4. The molecular formula is C30H41NO2. The van der Waals surface area contributed by atoms with E-state index in [2.05, 4.69) is 37.9 Å². The van der Waals surface area contributed by atoms with Gasteiger partial charge in [0.15, 0.2) is 0 Å². The van der Waals surface area contributed by atoms with Crippen molar-refractivity contribution in [1.29, 1.82) is 0 Å². The highest BCUT2D eigenvalue weighted by Crippen LogP contribution is 2.59. The molecule has 2 N–H and O–H groups in total. The highest BCUT2D eigenvalue weighted by Gasteiger charge is 2.50. The predicted octanol–water partition coefficient (Wildman–Crippen LogP) is 6.61. The standard InChI is InChI=1S/C30H41NO2/c1-21(18-20-31-29(33)25-9-5-4-6-10-25)26-16-17-27-24(12-8-19-30(26,27)3)15-14-23-11-7-13-28(32)22(23)2/h4-6,9-10,14-15,21,26-28,32H,2,7-8,11-13,16-20H2,1,3H3,(H,31,33)/b23-14-,24-15+/t21-,26-,27+,28?,30-/m1/s1. The summed E-state index contributed by atoms with van der Waals surface area (Å²) < 4.78 is 0. The molecule has 0 radical (unpaired) electrons. The molecule has 1 aromatic rings. The highest BCUT2D eigenvalue weighted by molar-refractivity contribution is 5.94. The van der Waals surface area contributed by atoms with Crippen LogP contribution in [0.2, 0.25) is 0 Å². The van der Waals surface area contributed by atoms with Crippen molar-refractivity contribution in [2.75, 3.05) is 6.54 Å². The fraction of sp³-hybridized carbons (Fsp3) is 0.567. The Morgan fingerprint density at radius 2 is 1.97 bits per heavy atom. The summed E-state index contributed by atoms with van der Waals surface area (Å²) in [6.07, 6.45) is 14.6. The van der Waals surface area contributed by atoms with Crippen LogP contribution in [0.3, 0.4) is 0 Å². The number of aliphatic hydroxyl groups is 1. The second-order valence-corrected chi connectivity index (χ2v) is 10.9. The van der Waals surface area contributed by atoms with Crippen molar-refractivity contribution in [3.8, 4) is 0 Å². The Bertz CT molecular complexity index is 914. The number of hydrogen-bond acceptors (Lipinski definition) is 2. The van der Waals surface area contributed by atoms with Crippen LogP contribution in [0, 0.1) is 23.2 Å². The Hall–Kier alpha value is -2.13. The molecule has 33 heavy (non-hydrogen) atoms. The van der Waals surface area contributed by atoms with E-state index < -0.39 is 0 Å². The number of hydrogen-bond donors (Lipinski definition) is 2. The molecule has 178 valence electrons. The van der Waals surface area contributed by atoms with Crippen molar-refractivity contribution in [2.24, 2.45) is 23.2 Å².